The number of thiazole rings is 1. The molecule has 1 N–H and O–H groups in total. The number of benzene rings is 1. The average molecular weight is 316 g/mol. The Balaban J connectivity index is 1.52. The van der Waals surface area contributed by atoms with E-state index in [1.54, 1.807) is 12.1 Å². The first-order valence-corrected chi connectivity index (χ1v) is 7.98. The number of nitrogens with one attached hydrogen (secondary N) is 1. The second-order valence-corrected chi connectivity index (χ2v) is 6.11. The second kappa shape index (κ2) is 6.81. The maximum atomic E-state index is 12.0. The molecule has 3 rings (SSSR count). The first kappa shape index (κ1) is 14.9. The number of carbonyl (C=O) groups excluding carboxylic acids is 2. The van der Waals surface area contributed by atoms with Crippen molar-refractivity contribution in [2.75, 3.05) is 11.9 Å². The number of aromatic nitrogens is 1. The van der Waals surface area contributed by atoms with Gasteiger partial charge in [0.05, 0.1) is 23.8 Å². The predicted octanol–water partition coefficient (Wildman–Crippen LogP) is 2.82. The molecule has 2 heterocycles. The van der Waals surface area contributed by atoms with Gasteiger partial charge in [0.1, 0.15) is 0 Å². The highest BCUT2D eigenvalue weighted by atomic mass is 32.1. The second-order valence-electron chi connectivity index (χ2n) is 5.03. The Bertz CT molecular complexity index is 658. The lowest BCUT2D eigenvalue weighted by Gasteiger charge is -2.08. The van der Waals surface area contributed by atoms with E-state index >= 15 is 0 Å². The molecule has 0 atom stereocenters. The fourth-order valence-corrected chi connectivity index (χ4v) is 3.22. The molecule has 0 saturated carbocycles. The minimum atomic E-state index is -0.184. The van der Waals surface area contributed by atoms with Gasteiger partial charge in [-0.15, -0.1) is 0 Å². The van der Waals surface area contributed by atoms with Crippen LogP contribution in [0.5, 0.6) is 0 Å². The molecule has 1 aromatic heterocycles. The van der Waals surface area contributed by atoms with Crippen molar-refractivity contribution in [1.29, 1.82) is 0 Å². The van der Waals surface area contributed by atoms with Crippen LogP contribution in [-0.2, 0) is 22.6 Å². The predicted molar refractivity (Wildman–Crippen MR) is 84.1 cm³/mol. The van der Waals surface area contributed by atoms with E-state index in [4.69, 9.17) is 4.74 Å². The summed E-state index contributed by atoms with van der Waals surface area (Å²) >= 11 is 1.44. The maximum absolute atomic E-state index is 12.0. The molecule has 1 amide bonds. The van der Waals surface area contributed by atoms with Crippen LogP contribution in [0.25, 0.3) is 0 Å². The molecule has 0 fully saturated rings. The number of fused-ring (bicyclic) bond motifs is 1. The van der Waals surface area contributed by atoms with Gasteiger partial charge in [-0.25, -0.2) is 4.98 Å². The van der Waals surface area contributed by atoms with Crippen LogP contribution in [0, 0.1) is 0 Å². The Morgan fingerprint density at radius 3 is 2.82 bits per heavy atom. The Kier molecular flexibility index (Phi) is 4.60. The van der Waals surface area contributed by atoms with E-state index in [0.717, 1.165) is 17.0 Å². The third kappa shape index (κ3) is 3.58. The van der Waals surface area contributed by atoms with Gasteiger partial charge in [-0.05, 0) is 0 Å². The van der Waals surface area contributed by atoms with Crippen LogP contribution in [0.1, 0.15) is 33.8 Å². The number of rotatable bonds is 5. The molecule has 114 valence electrons. The van der Waals surface area contributed by atoms with E-state index < -0.39 is 0 Å². The first-order chi connectivity index (χ1) is 10.7. The molecule has 1 aliphatic rings. The summed E-state index contributed by atoms with van der Waals surface area (Å²) < 4.78 is 5.36. The highest BCUT2D eigenvalue weighted by Gasteiger charge is 2.17. The van der Waals surface area contributed by atoms with Gasteiger partial charge in [-0.2, -0.15) is 0 Å². The molecule has 6 heteroatoms. The van der Waals surface area contributed by atoms with Crippen molar-refractivity contribution >= 4 is 28.2 Å². The molecule has 5 nitrogen and oxygen atoms in total. The van der Waals surface area contributed by atoms with Crippen molar-refractivity contribution in [2.24, 2.45) is 0 Å². The summed E-state index contributed by atoms with van der Waals surface area (Å²) in [6.07, 6.45) is 1.15. The molecule has 0 saturated heterocycles. The minimum absolute atomic E-state index is 0.0254. The quantitative estimate of drug-likeness (QED) is 0.861. The zero-order valence-corrected chi connectivity index (χ0v) is 12.8. The highest BCUT2D eigenvalue weighted by molar-refractivity contribution is 7.15. The van der Waals surface area contributed by atoms with E-state index in [-0.39, 0.29) is 24.5 Å². The zero-order valence-electron chi connectivity index (χ0n) is 12.0. The maximum Gasteiger partial charge on any atom is 0.226 e. The summed E-state index contributed by atoms with van der Waals surface area (Å²) in [6, 6.07) is 9.01. The van der Waals surface area contributed by atoms with Crippen molar-refractivity contribution in [3.05, 3.63) is 46.5 Å². The number of ether oxygens (including phenoxy) is 1. The van der Waals surface area contributed by atoms with Crippen molar-refractivity contribution in [3.8, 4) is 0 Å². The standard InChI is InChI=1S/C16H16N2O3S/c19-13(11-4-2-1-3-5-11)6-7-15(20)18-16-17-12-8-9-21-10-14(12)22-16/h1-5H,6-10H2,(H,17,18,20). The Labute approximate surface area is 132 Å². The van der Waals surface area contributed by atoms with Crippen LogP contribution in [0.15, 0.2) is 30.3 Å². The highest BCUT2D eigenvalue weighted by Crippen LogP contribution is 2.27. The Morgan fingerprint density at radius 2 is 2.05 bits per heavy atom. The molecule has 1 aliphatic heterocycles. The van der Waals surface area contributed by atoms with Gasteiger partial charge in [0.15, 0.2) is 10.9 Å². The number of anilines is 1. The molecular weight excluding hydrogens is 300 g/mol. The third-order valence-corrected chi connectivity index (χ3v) is 4.40. The lowest BCUT2D eigenvalue weighted by Crippen LogP contribution is -2.13. The number of Topliss-reactive ketones (excluding diaryl/α,β-unsaturated/α-hetero) is 1. The third-order valence-electron chi connectivity index (χ3n) is 3.42. The van der Waals surface area contributed by atoms with E-state index in [2.05, 4.69) is 10.3 Å². The normalized spacial score (nSPS) is 13.5. The van der Waals surface area contributed by atoms with Gasteiger partial charge < -0.3 is 10.1 Å². The molecular formula is C16H16N2O3S. The van der Waals surface area contributed by atoms with Crippen LogP contribution in [0.3, 0.4) is 0 Å². The molecule has 0 radical (unpaired) electrons. The lowest BCUT2D eigenvalue weighted by molar-refractivity contribution is -0.116. The van der Waals surface area contributed by atoms with Gasteiger partial charge in [-0.1, -0.05) is 41.7 Å². The van der Waals surface area contributed by atoms with Crippen molar-refractivity contribution < 1.29 is 14.3 Å². The summed E-state index contributed by atoms with van der Waals surface area (Å²) in [5.41, 5.74) is 1.64. The van der Waals surface area contributed by atoms with Crippen LogP contribution in [0.4, 0.5) is 5.13 Å². The topological polar surface area (TPSA) is 68.3 Å². The number of nitrogens with zero attached hydrogens (tertiary/aromatic N) is 1. The van der Waals surface area contributed by atoms with Crippen LogP contribution in [0.2, 0.25) is 0 Å². The molecule has 1 aromatic carbocycles. The van der Waals surface area contributed by atoms with Crippen molar-refractivity contribution in [2.45, 2.75) is 25.9 Å². The summed E-state index contributed by atoms with van der Waals surface area (Å²) in [4.78, 5) is 29.4. The number of hydrogen-bond acceptors (Lipinski definition) is 5. The van der Waals surface area contributed by atoms with Crippen LogP contribution < -0.4 is 5.32 Å². The summed E-state index contributed by atoms with van der Waals surface area (Å²) in [6.45, 7) is 1.24. The van der Waals surface area contributed by atoms with E-state index in [9.17, 15) is 9.59 Å². The number of hydrogen-bond donors (Lipinski definition) is 1. The van der Waals surface area contributed by atoms with E-state index in [1.807, 2.05) is 18.2 Å². The van der Waals surface area contributed by atoms with Gasteiger partial charge in [0, 0.05) is 24.8 Å². The molecule has 0 unspecified atom stereocenters. The van der Waals surface area contributed by atoms with E-state index in [0.29, 0.717) is 23.9 Å². The molecule has 0 spiro atoms. The van der Waals surface area contributed by atoms with Crippen LogP contribution in [-0.4, -0.2) is 23.3 Å². The Hall–Kier alpha value is -2.05. The van der Waals surface area contributed by atoms with Crippen molar-refractivity contribution in [1.82, 2.24) is 4.98 Å². The Morgan fingerprint density at radius 1 is 1.23 bits per heavy atom. The average Bonchev–Trinajstić information content (AvgIpc) is 2.95. The summed E-state index contributed by atoms with van der Waals surface area (Å²) in [7, 11) is 0. The van der Waals surface area contributed by atoms with Crippen LogP contribution >= 0.6 is 11.3 Å². The van der Waals surface area contributed by atoms with Gasteiger partial charge in [-0.3, -0.25) is 9.59 Å². The zero-order chi connectivity index (χ0) is 15.4. The molecule has 2 aromatic rings. The van der Waals surface area contributed by atoms with Gasteiger partial charge in [0.2, 0.25) is 5.91 Å². The van der Waals surface area contributed by atoms with E-state index in [1.165, 1.54) is 11.3 Å². The fraction of sp³-hybridized carbons (Fsp3) is 0.312. The fourth-order valence-electron chi connectivity index (χ4n) is 2.26. The molecule has 0 bridgehead atoms. The summed E-state index contributed by atoms with van der Waals surface area (Å²) in [5.74, 6) is -0.209. The number of amides is 1. The van der Waals surface area contributed by atoms with Crippen molar-refractivity contribution in [3.63, 3.8) is 0 Å². The first-order valence-electron chi connectivity index (χ1n) is 7.17. The molecule has 0 aliphatic carbocycles. The largest absolute Gasteiger partial charge is 0.375 e. The number of carbonyl (C=O) groups is 2. The smallest absolute Gasteiger partial charge is 0.226 e. The summed E-state index contributed by atoms with van der Waals surface area (Å²) in [5, 5.41) is 3.36. The van der Waals surface area contributed by atoms with Gasteiger partial charge in [0.25, 0.3) is 0 Å². The van der Waals surface area contributed by atoms with Gasteiger partial charge >= 0.3 is 0 Å². The monoisotopic (exact) mass is 316 g/mol. The lowest BCUT2D eigenvalue weighted by atomic mass is 10.1. The number of ketones is 1. The minimum Gasteiger partial charge on any atom is -0.375 e. The molecule has 22 heavy (non-hydrogen) atoms. The SMILES string of the molecule is O=C(CCC(=O)c1ccccc1)Nc1nc2c(s1)COCC2.